The number of hydrogen-bond donors (Lipinski definition) is 1. The summed E-state index contributed by atoms with van der Waals surface area (Å²) in [5, 5.41) is 7.75. The molecule has 0 saturated heterocycles. The van der Waals surface area contributed by atoms with Gasteiger partial charge < -0.3 is 10.1 Å². The number of rotatable bonds is 7. The number of hydrogen-bond acceptors (Lipinski definition) is 3. The number of halogens is 1. The van der Waals surface area contributed by atoms with E-state index in [4.69, 9.17) is 4.74 Å². The number of aromatic nitrogens is 2. The third-order valence-corrected chi connectivity index (χ3v) is 3.28. The van der Waals surface area contributed by atoms with Gasteiger partial charge in [0.2, 0.25) is 0 Å². The Balaban J connectivity index is 2.24. The minimum absolute atomic E-state index is 0.252. The lowest BCUT2D eigenvalue weighted by atomic mass is 10.1. The van der Waals surface area contributed by atoms with Gasteiger partial charge in [0.15, 0.2) is 0 Å². The molecule has 0 aliphatic rings. The minimum Gasteiger partial charge on any atom is -0.383 e. The topological polar surface area (TPSA) is 39.1 Å². The fourth-order valence-corrected chi connectivity index (χ4v) is 2.35. The van der Waals surface area contributed by atoms with Crippen LogP contribution in [0.25, 0.3) is 5.69 Å². The van der Waals surface area contributed by atoms with Crippen LogP contribution in [-0.2, 0) is 11.3 Å². The molecule has 0 saturated carbocycles. The van der Waals surface area contributed by atoms with E-state index in [0.29, 0.717) is 12.5 Å². The van der Waals surface area contributed by atoms with E-state index >= 15 is 0 Å². The zero-order valence-electron chi connectivity index (χ0n) is 12.8. The molecule has 1 aromatic carbocycles. The molecule has 0 atom stereocenters. The smallest absolute Gasteiger partial charge is 0.125 e. The van der Waals surface area contributed by atoms with Crippen molar-refractivity contribution >= 4 is 0 Å². The highest BCUT2D eigenvalue weighted by atomic mass is 19.1. The first-order valence-corrected chi connectivity index (χ1v) is 7.16. The van der Waals surface area contributed by atoms with Gasteiger partial charge in [-0.25, -0.2) is 9.07 Å². The van der Waals surface area contributed by atoms with E-state index in [9.17, 15) is 4.39 Å². The van der Waals surface area contributed by atoms with Crippen LogP contribution in [0.3, 0.4) is 0 Å². The van der Waals surface area contributed by atoms with E-state index in [1.165, 1.54) is 12.1 Å². The van der Waals surface area contributed by atoms with Crippen LogP contribution in [0.2, 0.25) is 0 Å². The number of ether oxygens (including phenoxy) is 1. The summed E-state index contributed by atoms with van der Waals surface area (Å²) < 4.78 is 20.3. The maximum Gasteiger partial charge on any atom is 0.125 e. The summed E-state index contributed by atoms with van der Waals surface area (Å²) in [4.78, 5) is 0. The van der Waals surface area contributed by atoms with Gasteiger partial charge in [-0.2, -0.15) is 5.10 Å². The normalized spacial score (nSPS) is 11.3. The van der Waals surface area contributed by atoms with Crippen molar-refractivity contribution in [1.82, 2.24) is 15.1 Å². The molecule has 0 fully saturated rings. The molecular weight excluding hydrogens is 269 g/mol. The summed E-state index contributed by atoms with van der Waals surface area (Å²) in [7, 11) is 1.68. The molecule has 0 aliphatic heterocycles. The Bertz CT molecular complexity index is 581. The molecule has 0 spiro atoms. The Hall–Kier alpha value is -1.72. The lowest BCUT2D eigenvalue weighted by Crippen LogP contribution is -2.19. The van der Waals surface area contributed by atoms with Gasteiger partial charge in [-0.3, -0.25) is 0 Å². The van der Waals surface area contributed by atoms with Crippen LogP contribution in [0, 0.1) is 5.82 Å². The van der Waals surface area contributed by atoms with Gasteiger partial charge in [0.25, 0.3) is 0 Å². The molecule has 0 bridgehead atoms. The molecule has 5 heteroatoms. The highest BCUT2D eigenvalue weighted by Crippen LogP contribution is 2.23. The Morgan fingerprint density at radius 2 is 2.19 bits per heavy atom. The van der Waals surface area contributed by atoms with Crippen LogP contribution < -0.4 is 5.32 Å². The molecule has 114 valence electrons. The zero-order chi connectivity index (χ0) is 15.2. The quantitative estimate of drug-likeness (QED) is 0.797. The van der Waals surface area contributed by atoms with Crippen molar-refractivity contribution in [2.75, 3.05) is 20.3 Å². The molecule has 0 amide bonds. The number of benzene rings is 1. The maximum atomic E-state index is 13.4. The summed E-state index contributed by atoms with van der Waals surface area (Å²) >= 11 is 0. The predicted octanol–water partition coefficient (Wildman–Crippen LogP) is 2.87. The second-order valence-electron chi connectivity index (χ2n) is 5.27. The lowest BCUT2D eigenvalue weighted by Gasteiger charge is -2.13. The van der Waals surface area contributed by atoms with Crippen molar-refractivity contribution in [3.05, 3.63) is 47.5 Å². The van der Waals surface area contributed by atoms with Crippen LogP contribution in [-0.4, -0.2) is 30.0 Å². The largest absolute Gasteiger partial charge is 0.383 e. The Labute approximate surface area is 124 Å². The molecule has 4 nitrogen and oxygen atoms in total. The summed E-state index contributed by atoms with van der Waals surface area (Å²) in [5.74, 6) is 0.0486. The van der Waals surface area contributed by atoms with Crippen molar-refractivity contribution in [3.63, 3.8) is 0 Å². The zero-order valence-corrected chi connectivity index (χ0v) is 12.8. The monoisotopic (exact) mass is 291 g/mol. The summed E-state index contributed by atoms with van der Waals surface area (Å²) in [6.07, 6.45) is 1.85. The SMILES string of the molecule is COCCNCc1cnn(-c2cccc(F)c2)c1C(C)C. The van der Waals surface area contributed by atoms with Gasteiger partial charge in [-0.05, 0) is 24.1 Å². The van der Waals surface area contributed by atoms with Gasteiger partial charge in [0.1, 0.15) is 5.82 Å². The van der Waals surface area contributed by atoms with Gasteiger partial charge >= 0.3 is 0 Å². The van der Waals surface area contributed by atoms with Gasteiger partial charge in [0.05, 0.1) is 24.2 Å². The number of methoxy groups -OCH3 is 1. The average molecular weight is 291 g/mol. The van der Waals surface area contributed by atoms with Crippen LogP contribution in [0.5, 0.6) is 0 Å². The van der Waals surface area contributed by atoms with Crippen LogP contribution in [0.1, 0.15) is 31.0 Å². The molecule has 1 heterocycles. The second kappa shape index (κ2) is 7.33. The highest BCUT2D eigenvalue weighted by molar-refractivity contribution is 5.36. The van der Waals surface area contributed by atoms with Crippen molar-refractivity contribution in [1.29, 1.82) is 0 Å². The predicted molar refractivity (Wildman–Crippen MR) is 81.2 cm³/mol. The van der Waals surface area contributed by atoms with Crippen molar-refractivity contribution < 1.29 is 9.13 Å². The first-order chi connectivity index (χ1) is 10.1. The Morgan fingerprint density at radius 1 is 1.38 bits per heavy atom. The fourth-order valence-electron chi connectivity index (χ4n) is 2.35. The molecule has 1 N–H and O–H groups in total. The average Bonchev–Trinajstić information content (AvgIpc) is 2.87. The van der Waals surface area contributed by atoms with Gasteiger partial charge in [-0.15, -0.1) is 0 Å². The summed E-state index contributed by atoms with van der Waals surface area (Å²) in [6.45, 7) is 6.43. The van der Waals surface area contributed by atoms with E-state index in [1.807, 2.05) is 16.9 Å². The molecule has 0 aliphatic carbocycles. The Morgan fingerprint density at radius 3 is 2.86 bits per heavy atom. The van der Waals surface area contributed by atoms with E-state index < -0.39 is 0 Å². The third kappa shape index (κ3) is 3.89. The lowest BCUT2D eigenvalue weighted by molar-refractivity contribution is 0.199. The molecule has 1 aromatic heterocycles. The van der Waals surface area contributed by atoms with E-state index in [2.05, 4.69) is 24.3 Å². The van der Waals surface area contributed by atoms with Crippen LogP contribution in [0.4, 0.5) is 4.39 Å². The van der Waals surface area contributed by atoms with Gasteiger partial charge in [-0.1, -0.05) is 19.9 Å². The van der Waals surface area contributed by atoms with E-state index in [-0.39, 0.29) is 5.82 Å². The molecule has 21 heavy (non-hydrogen) atoms. The van der Waals surface area contributed by atoms with Gasteiger partial charge in [0, 0.05) is 25.8 Å². The fraction of sp³-hybridized carbons (Fsp3) is 0.438. The van der Waals surface area contributed by atoms with Crippen molar-refractivity contribution in [3.8, 4) is 5.69 Å². The van der Waals surface area contributed by atoms with Crippen LogP contribution in [0.15, 0.2) is 30.5 Å². The summed E-state index contributed by atoms with van der Waals surface area (Å²) in [5.41, 5.74) is 2.98. The van der Waals surface area contributed by atoms with Crippen LogP contribution >= 0.6 is 0 Å². The Kier molecular flexibility index (Phi) is 5.47. The summed E-state index contributed by atoms with van der Waals surface area (Å²) in [6, 6.07) is 6.51. The first-order valence-electron chi connectivity index (χ1n) is 7.16. The first kappa shape index (κ1) is 15.7. The van der Waals surface area contributed by atoms with E-state index in [0.717, 1.165) is 30.0 Å². The molecule has 0 radical (unpaired) electrons. The van der Waals surface area contributed by atoms with Crippen molar-refractivity contribution in [2.45, 2.75) is 26.3 Å². The third-order valence-electron chi connectivity index (χ3n) is 3.28. The minimum atomic E-state index is -0.252. The molecule has 0 unspecified atom stereocenters. The standard InChI is InChI=1S/C16H22FN3O/c1-12(2)16-13(10-18-7-8-21-3)11-19-20(16)15-6-4-5-14(17)9-15/h4-6,9,11-12,18H,7-8,10H2,1-3H3. The molecule has 2 rings (SSSR count). The number of nitrogens with zero attached hydrogens (tertiary/aromatic N) is 2. The maximum absolute atomic E-state index is 13.4. The number of nitrogens with one attached hydrogen (secondary N) is 1. The van der Waals surface area contributed by atoms with E-state index in [1.54, 1.807) is 13.2 Å². The molecular formula is C16H22FN3O. The van der Waals surface area contributed by atoms with Crippen molar-refractivity contribution in [2.24, 2.45) is 0 Å². The highest BCUT2D eigenvalue weighted by Gasteiger charge is 2.15. The molecule has 2 aromatic rings. The second-order valence-corrected chi connectivity index (χ2v) is 5.27.